The molecule has 0 amide bonds. The highest BCUT2D eigenvalue weighted by molar-refractivity contribution is 5.39. The van der Waals surface area contributed by atoms with Crippen LogP contribution in [0.15, 0.2) is 6.07 Å². The largest absolute Gasteiger partial charge is 0.481 e. The zero-order valence-electron chi connectivity index (χ0n) is 12.0. The molecule has 19 heavy (non-hydrogen) atoms. The maximum atomic E-state index is 9.05. The van der Waals surface area contributed by atoms with Gasteiger partial charge in [-0.3, -0.25) is 0 Å². The summed E-state index contributed by atoms with van der Waals surface area (Å²) in [5.41, 5.74) is 0.958. The third-order valence-corrected chi connectivity index (χ3v) is 3.89. The molecule has 1 aromatic heterocycles. The zero-order valence-corrected chi connectivity index (χ0v) is 12.0. The minimum absolute atomic E-state index is 0.0432. The summed E-state index contributed by atoms with van der Waals surface area (Å²) in [4.78, 5) is 11.3. The summed E-state index contributed by atoms with van der Waals surface area (Å²) in [7, 11) is 1.63. The van der Waals surface area contributed by atoms with Gasteiger partial charge in [0, 0.05) is 30.5 Å². The lowest BCUT2D eigenvalue weighted by molar-refractivity contribution is 0.264. The van der Waals surface area contributed by atoms with E-state index in [1.54, 1.807) is 7.11 Å². The SMILES string of the molecule is COc1cc(C)nc(N2CCCC2(C)CCCO)n1. The van der Waals surface area contributed by atoms with Crippen LogP contribution in [0.25, 0.3) is 0 Å². The van der Waals surface area contributed by atoms with Crippen molar-refractivity contribution < 1.29 is 9.84 Å². The lowest BCUT2D eigenvalue weighted by Crippen LogP contribution is -2.42. The van der Waals surface area contributed by atoms with E-state index in [1.165, 1.54) is 0 Å². The smallest absolute Gasteiger partial charge is 0.229 e. The second-order valence-electron chi connectivity index (χ2n) is 5.43. The molecule has 0 saturated carbocycles. The summed E-state index contributed by atoms with van der Waals surface area (Å²) in [6.07, 6.45) is 4.03. The lowest BCUT2D eigenvalue weighted by Gasteiger charge is -2.35. The Hall–Kier alpha value is -1.36. The average Bonchev–Trinajstić information content (AvgIpc) is 2.78. The second kappa shape index (κ2) is 5.74. The number of aryl methyl sites for hydroxylation is 1. The van der Waals surface area contributed by atoms with Crippen LogP contribution in [0, 0.1) is 6.92 Å². The van der Waals surface area contributed by atoms with E-state index >= 15 is 0 Å². The molecule has 1 N–H and O–H groups in total. The third-order valence-electron chi connectivity index (χ3n) is 3.89. The average molecular weight is 265 g/mol. The van der Waals surface area contributed by atoms with Crippen molar-refractivity contribution in [3.63, 3.8) is 0 Å². The van der Waals surface area contributed by atoms with E-state index < -0.39 is 0 Å². The highest BCUT2D eigenvalue weighted by Gasteiger charge is 2.37. The summed E-state index contributed by atoms with van der Waals surface area (Å²) < 4.78 is 5.23. The Morgan fingerprint density at radius 2 is 2.26 bits per heavy atom. The van der Waals surface area contributed by atoms with Gasteiger partial charge in [0.1, 0.15) is 0 Å². The van der Waals surface area contributed by atoms with Crippen molar-refractivity contribution in [3.8, 4) is 5.88 Å². The van der Waals surface area contributed by atoms with E-state index in [-0.39, 0.29) is 12.1 Å². The molecular weight excluding hydrogens is 242 g/mol. The lowest BCUT2D eigenvalue weighted by atomic mass is 9.93. The third kappa shape index (κ3) is 2.97. The van der Waals surface area contributed by atoms with E-state index in [2.05, 4.69) is 21.8 Å². The molecule has 0 radical (unpaired) electrons. The van der Waals surface area contributed by atoms with E-state index in [9.17, 15) is 0 Å². The van der Waals surface area contributed by atoms with Gasteiger partial charge in [-0.2, -0.15) is 4.98 Å². The highest BCUT2D eigenvalue weighted by Crippen LogP contribution is 2.36. The van der Waals surface area contributed by atoms with Gasteiger partial charge in [-0.05, 0) is 39.5 Å². The number of aliphatic hydroxyl groups is 1. The summed E-state index contributed by atoms with van der Waals surface area (Å²) in [5, 5.41) is 9.05. The highest BCUT2D eigenvalue weighted by atomic mass is 16.5. The molecule has 1 aromatic rings. The van der Waals surface area contributed by atoms with Gasteiger partial charge in [0.15, 0.2) is 0 Å². The molecule has 0 spiro atoms. The monoisotopic (exact) mass is 265 g/mol. The molecule has 1 atom stereocenters. The quantitative estimate of drug-likeness (QED) is 0.881. The van der Waals surface area contributed by atoms with Crippen LogP contribution < -0.4 is 9.64 Å². The molecule has 0 bridgehead atoms. The summed E-state index contributed by atoms with van der Waals surface area (Å²) in [6.45, 7) is 5.39. The number of anilines is 1. The molecular formula is C14H23N3O2. The van der Waals surface area contributed by atoms with Crippen LogP contribution in [0.2, 0.25) is 0 Å². The second-order valence-corrected chi connectivity index (χ2v) is 5.43. The molecule has 1 aliphatic rings. The van der Waals surface area contributed by atoms with Gasteiger partial charge >= 0.3 is 0 Å². The molecule has 106 valence electrons. The Kier molecular flexibility index (Phi) is 4.24. The van der Waals surface area contributed by atoms with Gasteiger partial charge in [-0.25, -0.2) is 4.98 Å². The number of hydrogen-bond donors (Lipinski definition) is 1. The number of nitrogens with zero attached hydrogens (tertiary/aromatic N) is 3. The minimum atomic E-state index is 0.0432. The fraction of sp³-hybridized carbons (Fsp3) is 0.714. The van der Waals surface area contributed by atoms with Crippen molar-refractivity contribution in [3.05, 3.63) is 11.8 Å². The minimum Gasteiger partial charge on any atom is -0.481 e. The van der Waals surface area contributed by atoms with Crippen LogP contribution in [0.3, 0.4) is 0 Å². The Labute approximate surface area is 114 Å². The van der Waals surface area contributed by atoms with Crippen molar-refractivity contribution in [1.82, 2.24) is 9.97 Å². The molecule has 1 unspecified atom stereocenters. The fourth-order valence-corrected chi connectivity index (χ4v) is 2.83. The molecule has 1 saturated heterocycles. The van der Waals surface area contributed by atoms with Gasteiger partial charge in [0.25, 0.3) is 0 Å². The van der Waals surface area contributed by atoms with Crippen molar-refractivity contribution in [2.75, 3.05) is 25.2 Å². The number of rotatable bonds is 5. The van der Waals surface area contributed by atoms with Crippen LogP contribution in [0.4, 0.5) is 5.95 Å². The first kappa shape index (κ1) is 14.1. The zero-order chi connectivity index (χ0) is 13.9. The Balaban J connectivity index is 2.26. The summed E-state index contributed by atoms with van der Waals surface area (Å²) >= 11 is 0. The molecule has 5 heteroatoms. The van der Waals surface area contributed by atoms with Gasteiger partial charge in [0.05, 0.1) is 7.11 Å². The molecule has 1 aliphatic heterocycles. The van der Waals surface area contributed by atoms with Crippen LogP contribution in [-0.4, -0.2) is 40.9 Å². The van der Waals surface area contributed by atoms with Gasteiger partial charge < -0.3 is 14.7 Å². The van der Waals surface area contributed by atoms with E-state index in [4.69, 9.17) is 9.84 Å². The van der Waals surface area contributed by atoms with Crippen LogP contribution in [0.1, 0.15) is 38.3 Å². The van der Waals surface area contributed by atoms with E-state index in [0.717, 1.165) is 43.9 Å². The number of hydrogen-bond acceptors (Lipinski definition) is 5. The topological polar surface area (TPSA) is 58.5 Å². The first-order valence-corrected chi connectivity index (χ1v) is 6.87. The van der Waals surface area contributed by atoms with E-state index in [0.29, 0.717) is 5.88 Å². The summed E-state index contributed by atoms with van der Waals surface area (Å²) in [5.74, 6) is 1.36. The molecule has 0 aromatic carbocycles. The standard InChI is InChI=1S/C14H23N3O2/c1-11-10-12(19-3)16-13(15-11)17-8-4-6-14(17,2)7-5-9-18/h10,18H,4-9H2,1-3H3. The van der Waals surface area contributed by atoms with Crippen molar-refractivity contribution in [1.29, 1.82) is 0 Å². The molecule has 5 nitrogen and oxygen atoms in total. The first-order valence-electron chi connectivity index (χ1n) is 6.87. The first-order chi connectivity index (χ1) is 9.09. The molecule has 0 aliphatic carbocycles. The predicted octanol–water partition coefficient (Wildman–Crippen LogP) is 1.93. The van der Waals surface area contributed by atoms with Crippen LogP contribution >= 0.6 is 0 Å². The number of methoxy groups -OCH3 is 1. The number of ether oxygens (including phenoxy) is 1. The number of aliphatic hydroxyl groups excluding tert-OH is 1. The van der Waals surface area contributed by atoms with Crippen LogP contribution in [-0.2, 0) is 0 Å². The molecule has 1 fully saturated rings. The summed E-state index contributed by atoms with van der Waals surface area (Å²) in [6, 6.07) is 1.84. The Morgan fingerprint density at radius 1 is 1.47 bits per heavy atom. The normalized spacial score (nSPS) is 22.8. The maximum Gasteiger partial charge on any atom is 0.229 e. The van der Waals surface area contributed by atoms with Gasteiger partial charge in [0.2, 0.25) is 11.8 Å². The maximum absolute atomic E-state index is 9.05. The van der Waals surface area contributed by atoms with E-state index in [1.807, 2.05) is 13.0 Å². The molecule has 2 rings (SSSR count). The van der Waals surface area contributed by atoms with Gasteiger partial charge in [-0.15, -0.1) is 0 Å². The van der Waals surface area contributed by atoms with Crippen molar-refractivity contribution >= 4 is 5.95 Å². The van der Waals surface area contributed by atoms with Crippen molar-refractivity contribution in [2.24, 2.45) is 0 Å². The molecule has 2 heterocycles. The predicted molar refractivity (Wildman–Crippen MR) is 74.6 cm³/mol. The van der Waals surface area contributed by atoms with Gasteiger partial charge in [-0.1, -0.05) is 0 Å². The number of aromatic nitrogens is 2. The Bertz CT molecular complexity index is 439. The fourth-order valence-electron chi connectivity index (χ4n) is 2.83. The van der Waals surface area contributed by atoms with Crippen molar-refractivity contribution in [2.45, 2.75) is 45.1 Å². The van der Waals surface area contributed by atoms with Crippen LogP contribution in [0.5, 0.6) is 5.88 Å². The Morgan fingerprint density at radius 3 is 2.95 bits per heavy atom.